The Balaban J connectivity index is 1.34. The van der Waals surface area contributed by atoms with Crippen molar-refractivity contribution in [3.8, 4) is 5.75 Å². The van der Waals surface area contributed by atoms with Crippen molar-refractivity contribution in [1.29, 1.82) is 0 Å². The molecule has 0 spiro atoms. The van der Waals surface area contributed by atoms with Crippen LogP contribution in [0.2, 0.25) is 0 Å². The van der Waals surface area contributed by atoms with Gasteiger partial charge < -0.3 is 24.6 Å². The number of nitrogens with zero attached hydrogens (tertiary/aromatic N) is 2. The first-order chi connectivity index (χ1) is 15.7. The van der Waals surface area contributed by atoms with E-state index in [1.165, 1.54) is 17.3 Å². The number of β-amino-alcohol motifs (C(OH)–C–C–N with tert-alkyl or cyclic N) is 2. The molecule has 0 saturated carbocycles. The summed E-state index contributed by atoms with van der Waals surface area (Å²) in [5.41, 5.74) is 0.910. The number of aliphatic hydroxyl groups is 2. The Hall–Kier alpha value is -2.19. The maximum Gasteiger partial charge on any atom is 0.134 e. The molecule has 0 aliphatic carbocycles. The van der Waals surface area contributed by atoms with Crippen molar-refractivity contribution in [2.45, 2.75) is 37.9 Å². The minimum atomic E-state index is -1.21. The normalized spacial score (nSPS) is 23.8. The van der Waals surface area contributed by atoms with Gasteiger partial charge in [-0.05, 0) is 68.1 Å². The van der Waals surface area contributed by atoms with E-state index >= 15 is 0 Å². The molecular weight excluding hydrogens is 423 g/mol. The lowest BCUT2D eigenvalue weighted by molar-refractivity contribution is -0.0742. The average molecular weight is 459 g/mol. The molecule has 1 atom stereocenters. The van der Waals surface area contributed by atoms with Crippen LogP contribution in [0.15, 0.2) is 42.5 Å². The third-order valence-electron chi connectivity index (χ3n) is 6.66. The van der Waals surface area contributed by atoms with Crippen molar-refractivity contribution in [2.75, 3.05) is 57.4 Å². The lowest BCUT2D eigenvalue weighted by Gasteiger charge is -2.42. The van der Waals surface area contributed by atoms with E-state index in [0.717, 1.165) is 13.1 Å². The van der Waals surface area contributed by atoms with Crippen LogP contribution in [-0.2, 0) is 4.74 Å². The molecule has 0 radical (unpaired) electrons. The van der Waals surface area contributed by atoms with Crippen LogP contribution in [0.1, 0.15) is 24.0 Å². The summed E-state index contributed by atoms with van der Waals surface area (Å²) in [5, 5.41) is 22.5. The molecule has 7 heteroatoms. The lowest BCUT2D eigenvalue weighted by atomic mass is 9.90. The Morgan fingerprint density at radius 2 is 1.82 bits per heavy atom. The predicted octanol–water partition coefficient (Wildman–Crippen LogP) is 2.92. The summed E-state index contributed by atoms with van der Waals surface area (Å²) in [7, 11) is 0. The average Bonchev–Trinajstić information content (AvgIpc) is 2.96. The van der Waals surface area contributed by atoms with Crippen molar-refractivity contribution < 1.29 is 24.1 Å². The van der Waals surface area contributed by atoms with E-state index in [1.807, 2.05) is 0 Å². The van der Waals surface area contributed by atoms with E-state index in [9.17, 15) is 14.6 Å². The molecule has 0 unspecified atom stereocenters. The summed E-state index contributed by atoms with van der Waals surface area (Å²) in [6.07, 6.45) is 1.34. The van der Waals surface area contributed by atoms with E-state index in [2.05, 4.69) is 41.0 Å². The van der Waals surface area contributed by atoms with Crippen LogP contribution in [-0.4, -0.2) is 78.9 Å². The van der Waals surface area contributed by atoms with Crippen LogP contribution in [0.5, 0.6) is 5.75 Å². The number of hydrogen-bond acceptors (Lipinski definition) is 6. The molecule has 2 aliphatic heterocycles. The zero-order chi connectivity index (χ0) is 23.5. The quantitative estimate of drug-likeness (QED) is 0.694. The molecule has 0 aromatic heterocycles. The first kappa shape index (κ1) is 24.0. The van der Waals surface area contributed by atoms with Gasteiger partial charge in [-0.25, -0.2) is 4.39 Å². The molecule has 0 amide bonds. The zero-order valence-corrected chi connectivity index (χ0v) is 19.6. The van der Waals surface area contributed by atoms with Gasteiger partial charge in [0.2, 0.25) is 0 Å². The van der Waals surface area contributed by atoms with Crippen molar-refractivity contribution in [3.05, 3.63) is 59.4 Å². The first-order valence-corrected chi connectivity index (χ1v) is 11.7. The monoisotopic (exact) mass is 458 g/mol. The molecule has 0 bridgehead atoms. The van der Waals surface area contributed by atoms with Gasteiger partial charge in [-0.3, -0.25) is 4.90 Å². The fraction of sp³-hybridized carbons (Fsp3) is 0.538. The van der Waals surface area contributed by atoms with Crippen LogP contribution in [0.25, 0.3) is 0 Å². The largest absolute Gasteiger partial charge is 0.490 e. The Labute approximate surface area is 195 Å². The fourth-order valence-electron chi connectivity index (χ4n) is 4.72. The molecule has 2 aliphatic rings. The van der Waals surface area contributed by atoms with Crippen LogP contribution >= 0.6 is 0 Å². The minimum Gasteiger partial charge on any atom is -0.490 e. The van der Waals surface area contributed by atoms with Gasteiger partial charge in [0, 0.05) is 38.4 Å². The number of aryl methyl sites for hydroxylation is 2. The van der Waals surface area contributed by atoms with E-state index in [1.54, 1.807) is 19.1 Å². The van der Waals surface area contributed by atoms with Crippen molar-refractivity contribution in [1.82, 2.24) is 4.90 Å². The van der Waals surface area contributed by atoms with Gasteiger partial charge in [0.25, 0.3) is 0 Å². The van der Waals surface area contributed by atoms with Crippen LogP contribution in [0.3, 0.4) is 0 Å². The van der Waals surface area contributed by atoms with Crippen LogP contribution in [0.4, 0.5) is 10.1 Å². The molecule has 2 fully saturated rings. The fourth-order valence-corrected chi connectivity index (χ4v) is 4.72. The van der Waals surface area contributed by atoms with Gasteiger partial charge in [-0.2, -0.15) is 0 Å². The number of ether oxygens (including phenoxy) is 2. The molecule has 4 rings (SSSR count). The molecule has 2 aromatic carbocycles. The predicted molar refractivity (Wildman–Crippen MR) is 126 cm³/mol. The van der Waals surface area contributed by atoms with E-state index in [-0.39, 0.29) is 19.0 Å². The second-order valence-electron chi connectivity index (χ2n) is 9.74. The summed E-state index contributed by atoms with van der Waals surface area (Å²) < 4.78 is 25.0. The Kier molecular flexibility index (Phi) is 7.24. The molecule has 180 valence electrons. The Morgan fingerprint density at radius 3 is 2.55 bits per heavy atom. The van der Waals surface area contributed by atoms with Crippen LogP contribution < -0.4 is 9.64 Å². The molecule has 2 N–H and O–H groups in total. The Morgan fingerprint density at radius 1 is 1.03 bits per heavy atom. The topological polar surface area (TPSA) is 65.4 Å². The highest BCUT2D eigenvalue weighted by molar-refractivity contribution is 5.48. The van der Waals surface area contributed by atoms with Gasteiger partial charge in [-0.15, -0.1) is 0 Å². The number of hydrogen-bond donors (Lipinski definition) is 2. The summed E-state index contributed by atoms with van der Waals surface area (Å²) in [5.74, 6) is 0.229. The molecule has 6 nitrogen and oxygen atoms in total. The van der Waals surface area contributed by atoms with Gasteiger partial charge in [0.05, 0.1) is 18.8 Å². The van der Waals surface area contributed by atoms with Gasteiger partial charge in [-0.1, -0.05) is 12.1 Å². The lowest BCUT2D eigenvalue weighted by Crippen LogP contribution is -2.55. The highest BCUT2D eigenvalue weighted by Crippen LogP contribution is 2.29. The third kappa shape index (κ3) is 6.23. The smallest absolute Gasteiger partial charge is 0.134 e. The minimum absolute atomic E-state index is 0.0359. The van der Waals surface area contributed by atoms with Gasteiger partial charge >= 0.3 is 0 Å². The molecule has 33 heavy (non-hydrogen) atoms. The van der Waals surface area contributed by atoms with E-state index in [4.69, 9.17) is 9.47 Å². The highest BCUT2D eigenvalue weighted by Gasteiger charge is 2.39. The van der Waals surface area contributed by atoms with Crippen molar-refractivity contribution in [3.63, 3.8) is 0 Å². The highest BCUT2D eigenvalue weighted by atomic mass is 19.1. The number of benzene rings is 2. The number of rotatable bonds is 6. The standard InChI is InChI=1S/C26H35FN2O4/c1-20-4-3-5-22(14-20)29-10-8-25(30,9-11-29)16-28-12-13-32-18-26(31,17-28)19-33-23-6-7-24(27)21(2)15-23/h3-7,14-15,30-31H,8-13,16-19H2,1-2H3/t26-/m0/s1. The first-order valence-electron chi connectivity index (χ1n) is 11.7. The van der Waals surface area contributed by atoms with Gasteiger partial charge in [0.15, 0.2) is 0 Å². The maximum absolute atomic E-state index is 13.5. The maximum atomic E-state index is 13.5. The molecule has 2 aromatic rings. The number of anilines is 1. The number of piperidine rings is 1. The van der Waals surface area contributed by atoms with Gasteiger partial charge in [0.1, 0.15) is 23.8 Å². The van der Waals surface area contributed by atoms with Crippen LogP contribution in [0, 0.1) is 19.7 Å². The second-order valence-corrected chi connectivity index (χ2v) is 9.74. The Bertz CT molecular complexity index is 948. The summed E-state index contributed by atoms with van der Waals surface area (Å²) >= 11 is 0. The molecule has 2 saturated heterocycles. The van der Waals surface area contributed by atoms with Crippen molar-refractivity contribution >= 4 is 5.69 Å². The molecular formula is C26H35FN2O4. The zero-order valence-electron chi connectivity index (χ0n) is 19.6. The third-order valence-corrected chi connectivity index (χ3v) is 6.66. The second kappa shape index (κ2) is 9.97. The van der Waals surface area contributed by atoms with E-state index < -0.39 is 11.2 Å². The SMILES string of the molecule is Cc1cccc(N2CCC(O)(CN3CCOC[C@](O)(COc4ccc(F)c(C)c4)C3)CC2)c1. The number of halogens is 1. The van der Waals surface area contributed by atoms with Crippen molar-refractivity contribution in [2.24, 2.45) is 0 Å². The summed E-state index contributed by atoms with van der Waals surface area (Å²) in [4.78, 5) is 4.40. The molecule has 2 heterocycles. The summed E-state index contributed by atoms with van der Waals surface area (Å²) in [6, 6.07) is 13.0. The van der Waals surface area contributed by atoms with E-state index in [0.29, 0.717) is 50.4 Å². The summed E-state index contributed by atoms with van der Waals surface area (Å²) in [6.45, 7) is 7.50.